The van der Waals surface area contributed by atoms with Gasteiger partial charge >= 0.3 is 0 Å². The van der Waals surface area contributed by atoms with Crippen LogP contribution in [0.3, 0.4) is 0 Å². The second-order valence-corrected chi connectivity index (χ2v) is 6.48. The van der Waals surface area contributed by atoms with Crippen LogP contribution in [0.25, 0.3) is 5.69 Å². The Bertz CT molecular complexity index is 712. The summed E-state index contributed by atoms with van der Waals surface area (Å²) in [7, 11) is 1.62. The maximum absolute atomic E-state index is 5.86. The van der Waals surface area contributed by atoms with Crippen molar-refractivity contribution in [2.24, 2.45) is 0 Å². The molecule has 0 saturated heterocycles. The number of hydrogen-bond donors (Lipinski definition) is 0. The van der Waals surface area contributed by atoms with E-state index in [1.165, 1.54) is 23.1 Å². The van der Waals surface area contributed by atoms with Gasteiger partial charge in [0.05, 0.1) is 19.0 Å². The topological polar surface area (TPSA) is 65.7 Å². The Balaban J connectivity index is 1.88. The molecule has 0 aliphatic rings. The number of thiazole rings is 1. The van der Waals surface area contributed by atoms with E-state index < -0.39 is 0 Å². The van der Waals surface area contributed by atoms with Crippen molar-refractivity contribution in [1.82, 2.24) is 25.2 Å². The minimum atomic E-state index is 0.626. The summed E-state index contributed by atoms with van der Waals surface area (Å²) in [4.78, 5) is 4.17. The highest BCUT2D eigenvalue weighted by Gasteiger charge is 2.12. The zero-order valence-corrected chi connectivity index (χ0v) is 12.6. The number of tetrazole rings is 1. The zero-order chi connectivity index (χ0) is 13.9. The van der Waals surface area contributed by atoms with Crippen LogP contribution in [0.5, 0.6) is 5.75 Å². The van der Waals surface area contributed by atoms with Gasteiger partial charge in [-0.15, -0.1) is 5.10 Å². The molecule has 0 atom stereocenters. The van der Waals surface area contributed by atoms with E-state index in [9.17, 15) is 0 Å². The molecule has 3 rings (SSSR count). The summed E-state index contributed by atoms with van der Waals surface area (Å²) < 4.78 is 8.19. The van der Waals surface area contributed by atoms with E-state index in [1.807, 2.05) is 24.3 Å². The van der Waals surface area contributed by atoms with Gasteiger partial charge in [0.1, 0.15) is 10.1 Å². The van der Waals surface area contributed by atoms with Gasteiger partial charge in [-0.1, -0.05) is 22.9 Å². The molecule has 0 spiro atoms. The predicted molar refractivity (Wildman–Crippen MR) is 77.0 cm³/mol. The van der Waals surface area contributed by atoms with E-state index in [0.29, 0.717) is 9.49 Å². The minimum absolute atomic E-state index is 0.626. The Kier molecular flexibility index (Phi) is 3.86. The van der Waals surface area contributed by atoms with Gasteiger partial charge in [-0.3, -0.25) is 0 Å². The number of ether oxygens (including phenoxy) is 1. The molecule has 2 aromatic heterocycles. The number of benzene rings is 1. The van der Waals surface area contributed by atoms with Crippen molar-refractivity contribution < 1.29 is 4.74 Å². The average Bonchev–Trinajstić information content (AvgIpc) is 3.09. The van der Waals surface area contributed by atoms with Gasteiger partial charge in [0.25, 0.3) is 0 Å². The van der Waals surface area contributed by atoms with Gasteiger partial charge in [0, 0.05) is 0 Å². The maximum Gasteiger partial charge on any atom is 0.221 e. The van der Waals surface area contributed by atoms with Gasteiger partial charge < -0.3 is 4.74 Å². The van der Waals surface area contributed by atoms with Crippen molar-refractivity contribution in [3.8, 4) is 11.4 Å². The van der Waals surface area contributed by atoms with Crippen LogP contribution >= 0.6 is 34.7 Å². The highest BCUT2D eigenvalue weighted by molar-refractivity contribution is 8.00. The van der Waals surface area contributed by atoms with Crippen LogP contribution in [0, 0.1) is 0 Å². The van der Waals surface area contributed by atoms with Gasteiger partial charge in [0.2, 0.25) is 5.16 Å². The van der Waals surface area contributed by atoms with Gasteiger partial charge in [-0.2, -0.15) is 4.68 Å². The fraction of sp³-hybridized carbons (Fsp3) is 0.0909. The molecule has 9 heteroatoms. The number of hydrogen-bond acceptors (Lipinski definition) is 7. The predicted octanol–water partition coefficient (Wildman–Crippen LogP) is 2.93. The molecule has 6 nitrogen and oxygen atoms in total. The number of methoxy groups -OCH3 is 1. The molecule has 0 aliphatic carbocycles. The molecule has 0 fully saturated rings. The molecule has 2 heterocycles. The Hall–Kier alpha value is -1.64. The van der Waals surface area contributed by atoms with Crippen molar-refractivity contribution in [1.29, 1.82) is 0 Å². The minimum Gasteiger partial charge on any atom is -0.497 e. The van der Waals surface area contributed by atoms with Gasteiger partial charge in [-0.05, 0) is 46.5 Å². The monoisotopic (exact) mass is 325 g/mol. The molecule has 0 aliphatic heterocycles. The second kappa shape index (κ2) is 5.78. The molecule has 1 aromatic carbocycles. The third-order valence-corrected chi connectivity index (χ3v) is 4.52. The lowest BCUT2D eigenvalue weighted by Crippen LogP contribution is -1.98. The van der Waals surface area contributed by atoms with Crippen LogP contribution < -0.4 is 4.74 Å². The van der Waals surface area contributed by atoms with Crippen molar-refractivity contribution >= 4 is 34.7 Å². The summed E-state index contributed by atoms with van der Waals surface area (Å²) in [6.45, 7) is 0. The summed E-state index contributed by atoms with van der Waals surface area (Å²) in [6.07, 6.45) is 1.61. The van der Waals surface area contributed by atoms with E-state index >= 15 is 0 Å². The fourth-order valence-corrected chi connectivity index (χ4v) is 3.50. The Labute approximate surface area is 127 Å². The number of rotatable bonds is 4. The lowest BCUT2D eigenvalue weighted by atomic mass is 10.3. The molecule has 0 amide bonds. The Morgan fingerprint density at radius 2 is 2.10 bits per heavy atom. The summed E-state index contributed by atoms with van der Waals surface area (Å²) >= 11 is 8.61. The molecule has 0 unspecified atom stereocenters. The van der Waals surface area contributed by atoms with Crippen LogP contribution in [0.15, 0.2) is 40.0 Å². The van der Waals surface area contributed by atoms with Crippen LogP contribution in [0.1, 0.15) is 0 Å². The molecule has 3 aromatic rings. The largest absolute Gasteiger partial charge is 0.497 e. The SMILES string of the molecule is COc1ccc(-n2nnnc2Sc2ncc(Cl)s2)cc1. The van der Waals surface area contributed by atoms with Crippen LogP contribution in [-0.2, 0) is 0 Å². The molecule has 0 bridgehead atoms. The second-order valence-electron chi connectivity index (χ2n) is 3.60. The van der Waals surface area contributed by atoms with E-state index in [0.717, 1.165) is 15.8 Å². The lowest BCUT2D eigenvalue weighted by Gasteiger charge is -2.04. The van der Waals surface area contributed by atoms with Gasteiger partial charge in [0.15, 0.2) is 4.34 Å². The quantitative estimate of drug-likeness (QED) is 0.734. The van der Waals surface area contributed by atoms with Gasteiger partial charge in [-0.25, -0.2) is 4.98 Å². The van der Waals surface area contributed by atoms with Crippen molar-refractivity contribution in [2.75, 3.05) is 7.11 Å². The van der Waals surface area contributed by atoms with Crippen LogP contribution in [-0.4, -0.2) is 32.3 Å². The summed E-state index contributed by atoms with van der Waals surface area (Å²) in [5.74, 6) is 0.780. The highest BCUT2D eigenvalue weighted by atomic mass is 35.5. The molecule has 0 saturated carbocycles. The first kappa shape index (κ1) is 13.3. The van der Waals surface area contributed by atoms with E-state index in [2.05, 4.69) is 20.5 Å². The van der Waals surface area contributed by atoms with E-state index in [4.69, 9.17) is 16.3 Å². The molecule has 0 N–H and O–H groups in total. The first-order chi connectivity index (χ1) is 9.76. The zero-order valence-electron chi connectivity index (χ0n) is 10.2. The molecule has 20 heavy (non-hydrogen) atoms. The summed E-state index contributed by atoms with van der Waals surface area (Å²) in [6, 6.07) is 7.47. The number of aromatic nitrogens is 5. The number of halogens is 1. The van der Waals surface area contributed by atoms with Crippen LogP contribution in [0.4, 0.5) is 0 Å². The maximum atomic E-state index is 5.86. The fourth-order valence-electron chi connectivity index (χ4n) is 1.49. The van der Waals surface area contributed by atoms with Crippen molar-refractivity contribution in [3.63, 3.8) is 0 Å². The van der Waals surface area contributed by atoms with Crippen molar-refractivity contribution in [3.05, 3.63) is 34.8 Å². The average molecular weight is 326 g/mol. The molecule has 102 valence electrons. The molecular formula is C11H8ClN5OS2. The third-order valence-electron chi connectivity index (χ3n) is 2.39. The standard InChI is InChI=1S/C11H8ClN5OS2/c1-18-8-4-2-7(3-5-8)17-10(14-15-16-17)20-11-13-6-9(12)19-11/h2-6H,1H3. The summed E-state index contributed by atoms with van der Waals surface area (Å²) in [5, 5.41) is 12.3. The van der Waals surface area contributed by atoms with E-state index in [1.54, 1.807) is 18.0 Å². The smallest absolute Gasteiger partial charge is 0.221 e. The summed E-state index contributed by atoms with van der Waals surface area (Å²) in [5.41, 5.74) is 0.848. The highest BCUT2D eigenvalue weighted by Crippen LogP contribution is 2.32. The lowest BCUT2D eigenvalue weighted by molar-refractivity contribution is 0.414. The Morgan fingerprint density at radius 3 is 2.75 bits per heavy atom. The third kappa shape index (κ3) is 2.77. The first-order valence-corrected chi connectivity index (χ1v) is 7.49. The molecular weight excluding hydrogens is 318 g/mol. The van der Waals surface area contributed by atoms with Crippen molar-refractivity contribution in [2.45, 2.75) is 9.50 Å². The number of nitrogens with zero attached hydrogens (tertiary/aromatic N) is 5. The Morgan fingerprint density at radius 1 is 1.30 bits per heavy atom. The first-order valence-electron chi connectivity index (χ1n) is 5.48. The van der Waals surface area contributed by atoms with Crippen LogP contribution in [0.2, 0.25) is 4.34 Å². The van der Waals surface area contributed by atoms with E-state index in [-0.39, 0.29) is 0 Å². The normalized spacial score (nSPS) is 10.7. The molecule has 0 radical (unpaired) electrons.